The largest absolute Gasteiger partial charge is 0.439 e. The fourth-order valence-corrected chi connectivity index (χ4v) is 2.02. The van der Waals surface area contributed by atoms with E-state index in [-0.39, 0.29) is 0 Å². The molecule has 0 radical (unpaired) electrons. The molecule has 0 saturated carbocycles. The Labute approximate surface area is 127 Å². The van der Waals surface area contributed by atoms with E-state index in [9.17, 15) is 0 Å². The summed E-state index contributed by atoms with van der Waals surface area (Å²) in [6.07, 6.45) is 1.04. The van der Waals surface area contributed by atoms with Crippen molar-refractivity contribution in [1.82, 2.24) is 10.3 Å². The third-order valence-electron chi connectivity index (χ3n) is 3.19. The molecule has 0 aliphatic carbocycles. The number of aromatic nitrogens is 1. The normalized spacial score (nSPS) is 10.9. The van der Waals surface area contributed by atoms with Crippen LogP contribution in [-0.4, -0.2) is 11.5 Å². The van der Waals surface area contributed by atoms with Gasteiger partial charge in [-0.25, -0.2) is 4.98 Å². The molecule has 0 bridgehead atoms. The van der Waals surface area contributed by atoms with Crippen LogP contribution in [0.3, 0.4) is 0 Å². The molecule has 3 heteroatoms. The van der Waals surface area contributed by atoms with Crippen LogP contribution in [0.25, 0.3) is 0 Å². The minimum absolute atomic E-state index is 0.640. The monoisotopic (exact) mass is 284 g/mol. The predicted molar refractivity (Wildman–Crippen MR) is 86.7 cm³/mol. The zero-order valence-corrected chi connectivity index (χ0v) is 13.1. The highest BCUT2D eigenvalue weighted by Gasteiger charge is 2.02. The Balaban J connectivity index is 1.96. The van der Waals surface area contributed by atoms with Gasteiger partial charge in [0.15, 0.2) is 0 Å². The van der Waals surface area contributed by atoms with E-state index in [1.807, 2.05) is 30.3 Å². The van der Waals surface area contributed by atoms with Crippen molar-refractivity contribution in [1.29, 1.82) is 0 Å². The topological polar surface area (TPSA) is 34.1 Å². The molecule has 112 valence electrons. The molecule has 0 saturated heterocycles. The number of rotatable bonds is 7. The molecular formula is C18H24N2O. The zero-order chi connectivity index (χ0) is 15.1. The summed E-state index contributed by atoms with van der Waals surface area (Å²) in [7, 11) is 0. The van der Waals surface area contributed by atoms with Crippen molar-refractivity contribution in [3.8, 4) is 11.6 Å². The molecular weight excluding hydrogens is 260 g/mol. The third kappa shape index (κ3) is 5.20. The molecule has 2 rings (SSSR count). The molecule has 3 nitrogen and oxygen atoms in total. The Bertz CT molecular complexity index is 549. The summed E-state index contributed by atoms with van der Waals surface area (Å²) in [6, 6.07) is 14.0. The first-order valence-electron chi connectivity index (χ1n) is 7.61. The maximum atomic E-state index is 5.81. The molecule has 2 aromatic rings. The molecule has 1 heterocycles. The van der Waals surface area contributed by atoms with Crippen molar-refractivity contribution in [3.05, 3.63) is 53.7 Å². The second-order valence-electron chi connectivity index (χ2n) is 5.59. The van der Waals surface area contributed by atoms with E-state index in [2.05, 4.69) is 43.2 Å². The van der Waals surface area contributed by atoms with Gasteiger partial charge in [0.2, 0.25) is 5.88 Å². The molecule has 0 amide bonds. The van der Waals surface area contributed by atoms with Gasteiger partial charge in [-0.3, -0.25) is 0 Å². The average Bonchev–Trinajstić information content (AvgIpc) is 2.48. The first kappa shape index (κ1) is 15.5. The van der Waals surface area contributed by atoms with Crippen molar-refractivity contribution in [2.75, 3.05) is 6.54 Å². The Morgan fingerprint density at radius 2 is 1.86 bits per heavy atom. The predicted octanol–water partition coefficient (Wildman–Crippen LogP) is 4.18. The quantitative estimate of drug-likeness (QED) is 0.828. The van der Waals surface area contributed by atoms with Crippen LogP contribution in [-0.2, 0) is 13.0 Å². The maximum absolute atomic E-state index is 5.81. The van der Waals surface area contributed by atoms with Crippen molar-refractivity contribution >= 4 is 0 Å². The van der Waals surface area contributed by atoms with Crippen LogP contribution in [0.1, 0.15) is 32.0 Å². The lowest BCUT2D eigenvalue weighted by molar-refractivity contribution is 0.458. The third-order valence-corrected chi connectivity index (χ3v) is 3.19. The number of ether oxygens (including phenoxy) is 1. The van der Waals surface area contributed by atoms with Crippen LogP contribution < -0.4 is 10.1 Å². The van der Waals surface area contributed by atoms with Crippen molar-refractivity contribution in [2.45, 2.75) is 33.7 Å². The number of nitrogens with zero attached hydrogens (tertiary/aromatic N) is 1. The molecule has 1 N–H and O–H groups in total. The first-order chi connectivity index (χ1) is 10.2. The van der Waals surface area contributed by atoms with Gasteiger partial charge in [0.25, 0.3) is 0 Å². The molecule has 1 aromatic carbocycles. The van der Waals surface area contributed by atoms with Gasteiger partial charge in [-0.05, 0) is 42.6 Å². The summed E-state index contributed by atoms with van der Waals surface area (Å²) in [6.45, 7) is 8.29. The molecule has 21 heavy (non-hydrogen) atoms. The van der Waals surface area contributed by atoms with E-state index in [4.69, 9.17) is 4.74 Å². The summed E-state index contributed by atoms with van der Waals surface area (Å²) >= 11 is 0. The lowest BCUT2D eigenvalue weighted by atomic mass is 10.2. The summed E-state index contributed by atoms with van der Waals surface area (Å²) in [4.78, 5) is 4.52. The van der Waals surface area contributed by atoms with Gasteiger partial charge in [-0.15, -0.1) is 0 Å². The number of hydrogen-bond donors (Lipinski definition) is 1. The first-order valence-corrected chi connectivity index (χ1v) is 7.61. The van der Waals surface area contributed by atoms with E-state index >= 15 is 0 Å². The van der Waals surface area contributed by atoms with Gasteiger partial charge in [0, 0.05) is 12.6 Å². The van der Waals surface area contributed by atoms with Gasteiger partial charge in [-0.1, -0.05) is 39.0 Å². The standard InChI is InChI=1S/C18H24N2O/c1-4-15-8-10-17(11-9-15)21-18-7-5-6-16(20-18)13-19-12-14(2)3/h5-11,14,19H,4,12-13H2,1-3H3. The van der Waals surface area contributed by atoms with E-state index in [1.165, 1.54) is 5.56 Å². The van der Waals surface area contributed by atoms with E-state index in [1.54, 1.807) is 0 Å². The summed E-state index contributed by atoms with van der Waals surface area (Å²) in [5.41, 5.74) is 2.31. The summed E-state index contributed by atoms with van der Waals surface area (Å²) < 4.78 is 5.81. The highest BCUT2D eigenvalue weighted by molar-refractivity contribution is 5.30. The number of aryl methyl sites for hydroxylation is 1. The Kier molecular flexibility index (Phi) is 5.76. The van der Waals surface area contributed by atoms with Gasteiger partial charge >= 0.3 is 0 Å². The van der Waals surface area contributed by atoms with Crippen LogP contribution in [0.4, 0.5) is 0 Å². The Hall–Kier alpha value is -1.87. The second-order valence-corrected chi connectivity index (χ2v) is 5.59. The highest BCUT2D eigenvalue weighted by atomic mass is 16.5. The molecule has 0 fully saturated rings. The number of hydrogen-bond acceptors (Lipinski definition) is 3. The van der Waals surface area contributed by atoms with Gasteiger partial charge in [0.1, 0.15) is 5.75 Å². The fourth-order valence-electron chi connectivity index (χ4n) is 2.02. The van der Waals surface area contributed by atoms with Crippen molar-refractivity contribution < 1.29 is 4.74 Å². The SMILES string of the molecule is CCc1ccc(Oc2cccc(CNCC(C)C)n2)cc1. The average molecular weight is 284 g/mol. The zero-order valence-electron chi connectivity index (χ0n) is 13.1. The molecule has 0 spiro atoms. The maximum Gasteiger partial charge on any atom is 0.219 e. The molecule has 0 aliphatic heterocycles. The van der Waals surface area contributed by atoms with Gasteiger partial charge < -0.3 is 10.1 Å². The fraction of sp³-hybridized carbons (Fsp3) is 0.389. The molecule has 0 aliphatic rings. The van der Waals surface area contributed by atoms with Crippen molar-refractivity contribution in [2.24, 2.45) is 5.92 Å². The van der Waals surface area contributed by atoms with Crippen LogP contribution >= 0.6 is 0 Å². The molecule has 0 atom stereocenters. The van der Waals surface area contributed by atoms with Gasteiger partial charge in [-0.2, -0.15) is 0 Å². The van der Waals surface area contributed by atoms with Crippen LogP contribution in [0.5, 0.6) is 11.6 Å². The van der Waals surface area contributed by atoms with Crippen molar-refractivity contribution in [3.63, 3.8) is 0 Å². The molecule has 0 unspecified atom stereocenters. The van der Waals surface area contributed by atoms with Gasteiger partial charge in [0.05, 0.1) is 5.69 Å². The summed E-state index contributed by atoms with van der Waals surface area (Å²) in [5, 5.41) is 3.39. The minimum Gasteiger partial charge on any atom is -0.439 e. The smallest absolute Gasteiger partial charge is 0.219 e. The van der Waals surface area contributed by atoms with E-state index in [0.717, 1.165) is 31.0 Å². The number of benzene rings is 1. The highest BCUT2D eigenvalue weighted by Crippen LogP contribution is 2.20. The van der Waals surface area contributed by atoms with Crippen LogP contribution in [0.2, 0.25) is 0 Å². The Morgan fingerprint density at radius 3 is 2.52 bits per heavy atom. The lowest BCUT2D eigenvalue weighted by Gasteiger charge is -2.09. The summed E-state index contributed by atoms with van der Waals surface area (Å²) in [5.74, 6) is 2.11. The Morgan fingerprint density at radius 1 is 1.10 bits per heavy atom. The minimum atomic E-state index is 0.640. The number of pyridine rings is 1. The van der Waals surface area contributed by atoms with Crippen LogP contribution in [0, 0.1) is 5.92 Å². The lowest BCUT2D eigenvalue weighted by Crippen LogP contribution is -2.19. The van der Waals surface area contributed by atoms with Crippen LogP contribution in [0.15, 0.2) is 42.5 Å². The second kappa shape index (κ2) is 7.79. The van der Waals surface area contributed by atoms with E-state index < -0.39 is 0 Å². The van der Waals surface area contributed by atoms with E-state index in [0.29, 0.717) is 11.8 Å². The molecule has 1 aromatic heterocycles. The number of nitrogens with one attached hydrogen (secondary N) is 1.